The first-order valence-electron chi connectivity index (χ1n) is 13.6. The van der Waals surface area contributed by atoms with Crippen molar-refractivity contribution >= 4 is 17.9 Å². The molecule has 0 radical (unpaired) electrons. The quantitative estimate of drug-likeness (QED) is 0.266. The Balaban J connectivity index is 1.58. The number of ether oxygens (including phenoxy) is 2. The van der Waals surface area contributed by atoms with E-state index in [0.29, 0.717) is 26.0 Å². The van der Waals surface area contributed by atoms with Gasteiger partial charge in [0.25, 0.3) is 0 Å². The van der Waals surface area contributed by atoms with E-state index in [2.05, 4.69) is 39.6 Å². The van der Waals surface area contributed by atoms with E-state index in [1.165, 1.54) is 5.57 Å². The van der Waals surface area contributed by atoms with Crippen molar-refractivity contribution in [3.63, 3.8) is 0 Å². The molecule has 2 aromatic carbocycles. The Hall–Kier alpha value is -3.33. The first-order chi connectivity index (χ1) is 18.9. The Kier molecular flexibility index (Phi) is 12.3. The van der Waals surface area contributed by atoms with Gasteiger partial charge in [-0.3, -0.25) is 14.7 Å². The van der Waals surface area contributed by atoms with Crippen LogP contribution in [0.2, 0.25) is 0 Å². The number of hydrogen-bond acceptors (Lipinski definition) is 7. The molecule has 2 atom stereocenters. The summed E-state index contributed by atoms with van der Waals surface area (Å²) in [6.45, 7) is 7.76. The number of aliphatic imine (C=N–C) groups is 1. The summed E-state index contributed by atoms with van der Waals surface area (Å²) in [5, 5.41) is 5.96. The number of rotatable bonds is 15. The van der Waals surface area contributed by atoms with Crippen LogP contribution in [0, 0.1) is 0 Å². The molecule has 0 bridgehead atoms. The van der Waals surface area contributed by atoms with Crippen LogP contribution < -0.4 is 15.4 Å². The van der Waals surface area contributed by atoms with E-state index in [1.807, 2.05) is 49.5 Å². The van der Waals surface area contributed by atoms with Crippen LogP contribution in [0.25, 0.3) is 0 Å². The van der Waals surface area contributed by atoms with Gasteiger partial charge < -0.3 is 24.9 Å². The molecule has 1 saturated heterocycles. The number of amides is 1. The topological polar surface area (TPSA) is 92.3 Å². The molecule has 0 aromatic heterocycles. The highest BCUT2D eigenvalue weighted by Crippen LogP contribution is 2.23. The average Bonchev–Trinajstić information content (AvgIpc) is 3.39. The van der Waals surface area contributed by atoms with E-state index >= 15 is 0 Å². The molecule has 1 amide bonds. The number of carbonyl (C=O) groups is 2. The molecule has 1 aliphatic rings. The summed E-state index contributed by atoms with van der Waals surface area (Å²) in [4.78, 5) is 30.1. The zero-order chi connectivity index (χ0) is 28.0. The zero-order valence-electron chi connectivity index (χ0n) is 23.6. The normalized spacial score (nSPS) is 17.2. The fourth-order valence-electron chi connectivity index (χ4n) is 4.69. The van der Waals surface area contributed by atoms with Gasteiger partial charge in [-0.1, -0.05) is 36.4 Å². The lowest BCUT2D eigenvalue weighted by atomic mass is 10.1. The maximum atomic E-state index is 12.2. The second-order valence-electron chi connectivity index (χ2n) is 9.97. The van der Waals surface area contributed by atoms with E-state index < -0.39 is 6.04 Å². The summed E-state index contributed by atoms with van der Waals surface area (Å²) in [6, 6.07) is 15.8. The monoisotopic (exact) mass is 534 g/mol. The van der Waals surface area contributed by atoms with E-state index in [-0.39, 0.29) is 12.0 Å². The van der Waals surface area contributed by atoms with Crippen molar-refractivity contribution in [2.75, 3.05) is 33.8 Å². The number of aldehydes is 1. The summed E-state index contributed by atoms with van der Waals surface area (Å²) < 4.78 is 11.8. The lowest BCUT2D eigenvalue weighted by molar-refractivity contribution is -0.122. The summed E-state index contributed by atoms with van der Waals surface area (Å²) >= 11 is 0. The number of likely N-dealkylation sites (tertiary alicyclic amines) is 1. The van der Waals surface area contributed by atoms with Gasteiger partial charge in [-0.05, 0) is 61.1 Å². The number of nitrogens with zero attached hydrogens (tertiary/aromatic N) is 2. The highest BCUT2D eigenvalue weighted by molar-refractivity contribution is 5.99. The van der Waals surface area contributed by atoms with Gasteiger partial charge in [0, 0.05) is 58.7 Å². The van der Waals surface area contributed by atoms with E-state index in [0.717, 1.165) is 60.5 Å². The van der Waals surface area contributed by atoms with Crippen LogP contribution in [-0.4, -0.2) is 68.7 Å². The minimum absolute atomic E-state index is 0.104. The molecule has 1 aliphatic heterocycles. The van der Waals surface area contributed by atoms with Crippen LogP contribution in [0.15, 0.2) is 65.3 Å². The minimum Gasteiger partial charge on any atom is -0.489 e. The SMILES string of the molecule is CNC(=O)C(CCC=O)NCc1cc(O[C@H]2CCN(C/C(C)=C/N=C(C)c3ccccc3)C2)ccc1COC. The Morgan fingerprint density at radius 3 is 2.69 bits per heavy atom. The van der Waals surface area contributed by atoms with Crippen molar-refractivity contribution in [3.05, 3.63) is 77.0 Å². The zero-order valence-corrected chi connectivity index (χ0v) is 23.6. The third-order valence-electron chi connectivity index (χ3n) is 6.83. The highest BCUT2D eigenvalue weighted by atomic mass is 16.5. The van der Waals surface area contributed by atoms with Crippen molar-refractivity contribution < 1.29 is 19.1 Å². The summed E-state index contributed by atoms with van der Waals surface area (Å²) in [6.07, 6.45) is 4.63. The van der Waals surface area contributed by atoms with Crippen LogP contribution in [0.3, 0.4) is 0 Å². The first kappa shape index (κ1) is 30.2. The van der Waals surface area contributed by atoms with Gasteiger partial charge in [0.1, 0.15) is 18.1 Å². The summed E-state index contributed by atoms with van der Waals surface area (Å²) in [7, 11) is 3.26. The van der Waals surface area contributed by atoms with Gasteiger partial charge in [0.05, 0.1) is 12.6 Å². The third kappa shape index (κ3) is 9.73. The summed E-state index contributed by atoms with van der Waals surface area (Å²) in [5.74, 6) is 0.673. The molecule has 1 heterocycles. The van der Waals surface area contributed by atoms with Gasteiger partial charge in [-0.15, -0.1) is 0 Å². The highest BCUT2D eigenvalue weighted by Gasteiger charge is 2.24. The number of hydrogen-bond donors (Lipinski definition) is 2. The third-order valence-corrected chi connectivity index (χ3v) is 6.83. The number of nitrogens with one attached hydrogen (secondary N) is 2. The second-order valence-corrected chi connectivity index (χ2v) is 9.97. The van der Waals surface area contributed by atoms with Crippen molar-refractivity contribution in [2.45, 2.75) is 58.4 Å². The van der Waals surface area contributed by atoms with Crippen molar-refractivity contribution in [2.24, 2.45) is 4.99 Å². The smallest absolute Gasteiger partial charge is 0.236 e. The number of likely N-dealkylation sites (N-methyl/N-ethyl adjacent to an activating group) is 1. The van der Waals surface area contributed by atoms with E-state index in [1.54, 1.807) is 14.2 Å². The van der Waals surface area contributed by atoms with Crippen LogP contribution in [0.1, 0.15) is 49.8 Å². The predicted molar refractivity (Wildman–Crippen MR) is 155 cm³/mol. The minimum atomic E-state index is -0.444. The maximum absolute atomic E-state index is 12.2. The molecule has 0 aliphatic carbocycles. The molecule has 1 fully saturated rings. The van der Waals surface area contributed by atoms with E-state index in [9.17, 15) is 9.59 Å². The predicted octanol–water partition coefficient (Wildman–Crippen LogP) is 3.88. The molecule has 8 nitrogen and oxygen atoms in total. The molecular weight excluding hydrogens is 492 g/mol. The maximum Gasteiger partial charge on any atom is 0.236 e. The molecule has 210 valence electrons. The lowest BCUT2D eigenvalue weighted by Gasteiger charge is -2.20. The second kappa shape index (κ2) is 15.9. The van der Waals surface area contributed by atoms with Gasteiger partial charge in [-0.25, -0.2) is 0 Å². The summed E-state index contributed by atoms with van der Waals surface area (Å²) in [5.41, 5.74) is 5.39. The fourth-order valence-corrected chi connectivity index (χ4v) is 4.69. The van der Waals surface area contributed by atoms with Gasteiger partial charge in [-0.2, -0.15) is 0 Å². The number of carbonyl (C=O) groups excluding carboxylic acids is 2. The Morgan fingerprint density at radius 2 is 1.97 bits per heavy atom. The Bertz CT molecular complexity index is 1130. The molecule has 0 saturated carbocycles. The molecule has 0 spiro atoms. The van der Waals surface area contributed by atoms with Crippen LogP contribution in [-0.2, 0) is 27.5 Å². The van der Waals surface area contributed by atoms with Gasteiger partial charge >= 0.3 is 0 Å². The molecule has 39 heavy (non-hydrogen) atoms. The molecule has 3 rings (SSSR count). The van der Waals surface area contributed by atoms with E-state index in [4.69, 9.17) is 9.47 Å². The van der Waals surface area contributed by atoms with Crippen LogP contribution in [0.5, 0.6) is 5.75 Å². The molecule has 2 N–H and O–H groups in total. The average molecular weight is 535 g/mol. The lowest BCUT2D eigenvalue weighted by Crippen LogP contribution is -2.42. The molecule has 2 aromatic rings. The van der Waals surface area contributed by atoms with Crippen molar-refractivity contribution in [1.29, 1.82) is 0 Å². The molecule has 8 heteroatoms. The fraction of sp³-hybridized carbons (Fsp3) is 0.452. The number of methoxy groups -OCH3 is 1. The standard InChI is InChI=1S/C31H42N4O4/c1-23(18-33-24(2)25-9-6-5-7-10-25)20-35-15-14-29(21-35)39-28-13-12-26(22-38-4)27(17-28)19-34-30(11-8-16-36)31(37)32-3/h5-7,9-10,12-13,16-18,29-30,34H,8,11,14-15,19-22H2,1-4H3,(H,32,37)/b23-18+,33-24?/t29-,30?/m0/s1. The molecule has 1 unspecified atom stereocenters. The van der Waals surface area contributed by atoms with Crippen LogP contribution in [0.4, 0.5) is 0 Å². The number of benzene rings is 2. The Morgan fingerprint density at radius 1 is 1.18 bits per heavy atom. The van der Waals surface area contributed by atoms with Gasteiger partial charge in [0.15, 0.2) is 0 Å². The van der Waals surface area contributed by atoms with Crippen molar-refractivity contribution in [1.82, 2.24) is 15.5 Å². The Labute approximate surface area is 232 Å². The molecular formula is C31H42N4O4. The largest absolute Gasteiger partial charge is 0.489 e. The first-order valence-corrected chi connectivity index (χ1v) is 13.6. The van der Waals surface area contributed by atoms with Gasteiger partial charge in [0.2, 0.25) is 5.91 Å². The van der Waals surface area contributed by atoms with Crippen molar-refractivity contribution in [3.8, 4) is 5.75 Å². The van der Waals surface area contributed by atoms with Crippen LogP contribution >= 0.6 is 0 Å².